The average molecular weight is 496 g/mol. The maximum absolute atomic E-state index is 12.6. The van der Waals surface area contributed by atoms with Crippen LogP contribution in [0.15, 0.2) is 52.2 Å². The van der Waals surface area contributed by atoms with Gasteiger partial charge in [-0.15, -0.1) is 12.4 Å². The number of hydrogen-bond acceptors (Lipinski definition) is 5. The van der Waals surface area contributed by atoms with Gasteiger partial charge in [-0.05, 0) is 49.7 Å². The van der Waals surface area contributed by atoms with Crippen LogP contribution in [0.4, 0.5) is 13.2 Å². The number of halogens is 4. The van der Waals surface area contributed by atoms with E-state index < -0.39 is 11.9 Å². The zero-order valence-electron chi connectivity index (χ0n) is 18.3. The van der Waals surface area contributed by atoms with Crippen molar-refractivity contribution in [3.8, 4) is 0 Å². The Balaban J connectivity index is 0.00000274. The second-order valence-electron chi connectivity index (χ2n) is 8.76. The Bertz CT molecular complexity index is 1280. The van der Waals surface area contributed by atoms with Crippen LogP contribution in [0, 0.1) is 0 Å². The smallest absolute Gasteiger partial charge is 0.310 e. The first-order valence-corrected chi connectivity index (χ1v) is 11.0. The van der Waals surface area contributed by atoms with Crippen molar-refractivity contribution in [3.05, 3.63) is 74.6 Å². The summed E-state index contributed by atoms with van der Waals surface area (Å²) in [5.74, 6) is 0. The van der Waals surface area contributed by atoms with Gasteiger partial charge >= 0.3 is 6.18 Å². The van der Waals surface area contributed by atoms with E-state index in [9.17, 15) is 22.8 Å². The maximum atomic E-state index is 12.6. The predicted molar refractivity (Wildman–Crippen MR) is 124 cm³/mol. The van der Waals surface area contributed by atoms with Crippen molar-refractivity contribution in [3.63, 3.8) is 0 Å². The quantitative estimate of drug-likeness (QED) is 0.589. The van der Waals surface area contributed by atoms with E-state index in [1.807, 2.05) is 0 Å². The van der Waals surface area contributed by atoms with Gasteiger partial charge in [-0.2, -0.15) is 13.2 Å². The molecule has 3 aromatic heterocycles. The molecule has 0 bridgehead atoms. The lowest BCUT2D eigenvalue weighted by Gasteiger charge is -2.34. The summed E-state index contributed by atoms with van der Waals surface area (Å²) in [6.07, 6.45) is -1.37. The number of nitrogens with zero attached hydrogens (tertiary/aromatic N) is 4. The fourth-order valence-electron chi connectivity index (χ4n) is 4.87. The minimum Gasteiger partial charge on any atom is -0.310 e. The third-order valence-electron chi connectivity index (χ3n) is 6.58. The Morgan fingerprint density at radius 2 is 1.71 bits per heavy atom. The van der Waals surface area contributed by atoms with Gasteiger partial charge in [0.1, 0.15) is 11.3 Å². The van der Waals surface area contributed by atoms with Crippen LogP contribution < -0.4 is 16.4 Å². The molecule has 11 heteroatoms. The molecule has 1 saturated heterocycles. The summed E-state index contributed by atoms with van der Waals surface area (Å²) in [4.78, 5) is 30.7. The van der Waals surface area contributed by atoms with Gasteiger partial charge in [0.15, 0.2) is 0 Å². The molecule has 2 aliphatic heterocycles. The molecule has 34 heavy (non-hydrogen) atoms. The fourth-order valence-corrected chi connectivity index (χ4v) is 4.87. The summed E-state index contributed by atoms with van der Waals surface area (Å²) < 4.78 is 41.4. The Morgan fingerprint density at radius 3 is 2.35 bits per heavy atom. The Morgan fingerprint density at radius 1 is 1.00 bits per heavy atom. The van der Waals surface area contributed by atoms with Crippen LogP contribution in [-0.4, -0.2) is 44.7 Å². The molecule has 0 unspecified atom stereocenters. The van der Waals surface area contributed by atoms with Crippen LogP contribution in [0.25, 0.3) is 11.0 Å². The highest BCUT2D eigenvalue weighted by molar-refractivity contribution is 5.85. The number of piperidine rings is 1. The first-order chi connectivity index (χ1) is 15.8. The Kier molecular flexibility index (Phi) is 6.84. The van der Waals surface area contributed by atoms with Crippen LogP contribution in [0.2, 0.25) is 0 Å². The summed E-state index contributed by atoms with van der Waals surface area (Å²) in [5, 5.41) is 4.29. The predicted octanol–water partition coefficient (Wildman–Crippen LogP) is 2.81. The number of aromatic nitrogens is 3. The molecule has 2 aliphatic rings. The van der Waals surface area contributed by atoms with Gasteiger partial charge in [0, 0.05) is 49.4 Å². The largest absolute Gasteiger partial charge is 0.433 e. The second kappa shape index (κ2) is 9.52. The van der Waals surface area contributed by atoms with Gasteiger partial charge in [-0.1, -0.05) is 6.07 Å². The summed E-state index contributed by atoms with van der Waals surface area (Å²) in [5.41, 5.74) is 0.343. The standard InChI is InChI=1S/C23H24F3N5O2.ClH/c24-23(25,26)19-4-1-15(12-28-19)11-27-17-7-9-29(10-8-17)13-18-14-30-20(32)5-2-16-3-6-21(33)31(18)22(16)30;/h1-6,12,17-18,27H,7-11,13-14H2;1H/t18-;/m1./s1. The summed E-state index contributed by atoms with van der Waals surface area (Å²) in [6.45, 7) is 3.34. The Labute approximate surface area is 199 Å². The van der Waals surface area contributed by atoms with E-state index in [1.165, 1.54) is 12.3 Å². The van der Waals surface area contributed by atoms with E-state index in [1.54, 1.807) is 33.4 Å². The highest BCUT2D eigenvalue weighted by Crippen LogP contribution is 2.27. The number of likely N-dealkylation sites (tertiary alicyclic amines) is 1. The molecule has 0 amide bonds. The van der Waals surface area contributed by atoms with Crippen molar-refractivity contribution in [2.75, 3.05) is 19.6 Å². The minimum atomic E-state index is -4.43. The van der Waals surface area contributed by atoms with Gasteiger partial charge in [0.2, 0.25) is 0 Å². The summed E-state index contributed by atoms with van der Waals surface area (Å²) in [6, 6.07) is 9.26. The van der Waals surface area contributed by atoms with Crippen molar-refractivity contribution in [1.29, 1.82) is 0 Å². The molecule has 1 atom stereocenters. The topological polar surface area (TPSA) is 72.2 Å². The molecule has 0 radical (unpaired) electrons. The molecular weight excluding hydrogens is 471 g/mol. The third kappa shape index (κ3) is 4.75. The molecular formula is C23H25ClF3N5O2. The third-order valence-corrected chi connectivity index (χ3v) is 6.58. The van der Waals surface area contributed by atoms with Crippen molar-refractivity contribution in [2.45, 2.75) is 44.2 Å². The highest BCUT2D eigenvalue weighted by Gasteiger charge is 2.32. The average Bonchev–Trinajstić information content (AvgIpc) is 3.18. The van der Waals surface area contributed by atoms with Crippen molar-refractivity contribution in [1.82, 2.24) is 24.3 Å². The van der Waals surface area contributed by atoms with Crippen LogP contribution in [-0.2, 0) is 19.3 Å². The van der Waals surface area contributed by atoms with Gasteiger partial charge < -0.3 is 10.2 Å². The lowest BCUT2D eigenvalue weighted by atomic mass is 10.0. The monoisotopic (exact) mass is 495 g/mol. The number of pyridine rings is 3. The molecule has 1 fully saturated rings. The summed E-state index contributed by atoms with van der Waals surface area (Å²) >= 11 is 0. The van der Waals surface area contributed by atoms with Gasteiger partial charge in [0.25, 0.3) is 11.1 Å². The zero-order chi connectivity index (χ0) is 23.2. The number of rotatable bonds is 5. The molecule has 0 aliphatic carbocycles. The maximum Gasteiger partial charge on any atom is 0.433 e. The molecule has 5 heterocycles. The molecule has 182 valence electrons. The molecule has 7 nitrogen and oxygen atoms in total. The Hall–Kier alpha value is -2.69. The SMILES string of the molecule is Cl.O=c1ccc2ccc(=O)n3c2n1C[C@H]3CN1CCC(NCc2ccc(C(F)(F)F)nc2)CC1. The first kappa shape index (κ1) is 24.4. The van der Waals surface area contributed by atoms with Crippen LogP contribution in [0.3, 0.4) is 0 Å². The molecule has 0 aromatic carbocycles. The van der Waals surface area contributed by atoms with Crippen LogP contribution >= 0.6 is 12.4 Å². The van der Waals surface area contributed by atoms with E-state index in [4.69, 9.17) is 0 Å². The lowest BCUT2D eigenvalue weighted by molar-refractivity contribution is -0.141. The number of nitrogens with one attached hydrogen (secondary N) is 1. The minimum absolute atomic E-state index is 0. The highest BCUT2D eigenvalue weighted by atomic mass is 35.5. The van der Waals surface area contributed by atoms with Gasteiger partial charge in [0.05, 0.1) is 6.04 Å². The normalized spacial score (nSPS) is 18.9. The van der Waals surface area contributed by atoms with E-state index in [-0.39, 0.29) is 35.6 Å². The van der Waals surface area contributed by atoms with Crippen molar-refractivity contribution < 1.29 is 13.2 Å². The van der Waals surface area contributed by atoms with Gasteiger partial charge in [-0.25, -0.2) is 0 Å². The number of hydrogen-bond donors (Lipinski definition) is 1. The molecule has 0 saturated carbocycles. The second-order valence-corrected chi connectivity index (χ2v) is 8.76. The molecule has 1 N–H and O–H groups in total. The first-order valence-electron chi connectivity index (χ1n) is 11.0. The molecule has 5 rings (SSSR count). The van der Waals surface area contributed by atoms with Crippen molar-refractivity contribution >= 4 is 23.4 Å². The zero-order valence-corrected chi connectivity index (χ0v) is 19.1. The van der Waals surface area contributed by atoms with E-state index in [0.717, 1.165) is 37.4 Å². The van der Waals surface area contributed by atoms with Crippen LogP contribution in [0.1, 0.15) is 30.1 Å². The van der Waals surface area contributed by atoms with Gasteiger partial charge in [-0.3, -0.25) is 23.7 Å². The van der Waals surface area contributed by atoms with E-state index in [0.29, 0.717) is 30.8 Å². The fraction of sp³-hybridized carbons (Fsp3) is 0.435. The van der Waals surface area contributed by atoms with E-state index >= 15 is 0 Å². The lowest BCUT2D eigenvalue weighted by Crippen LogP contribution is -2.44. The van der Waals surface area contributed by atoms with Crippen LogP contribution in [0.5, 0.6) is 0 Å². The van der Waals surface area contributed by atoms with Crippen molar-refractivity contribution in [2.24, 2.45) is 0 Å². The number of alkyl halides is 3. The van der Waals surface area contributed by atoms with E-state index in [2.05, 4.69) is 15.2 Å². The molecule has 0 spiro atoms. The molecule has 3 aromatic rings. The summed E-state index contributed by atoms with van der Waals surface area (Å²) in [7, 11) is 0.